The average Bonchev–Trinajstić information content (AvgIpc) is 2.75. The maximum absolute atomic E-state index is 12.0. The van der Waals surface area contributed by atoms with Gasteiger partial charge in [0.1, 0.15) is 11.5 Å². The molecule has 2 heterocycles. The van der Waals surface area contributed by atoms with E-state index in [2.05, 4.69) is 10.1 Å². The number of fused-ring (bicyclic) bond motifs is 1. The number of nitrogen functional groups attached to an aromatic ring is 1. The Balaban J connectivity index is 2.29. The molecule has 90 valence electrons. The van der Waals surface area contributed by atoms with Gasteiger partial charge in [0.2, 0.25) is 0 Å². The second-order valence-corrected chi connectivity index (χ2v) is 4.18. The van der Waals surface area contributed by atoms with Crippen LogP contribution in [0.2, 0.25) is 0 Å². The van der Waals surface area contributed by atoms with Crippen LogP contribution in [-0.2, 0) is 0 Å². The third kappa shape index (κ3) is 1.66. The molecule has 5 nitrogen and oxygen atoms in total. The number of hydrogen-bond acceptors (Lipinski definition) is 4. The first-order valence-corrected chi connectivity index (χ1v) is 5.50. The fourth-order valence-electron chi connectivity index (χ4n) is 1.91. The highest BCUT2D eigenvalue weighted by Gasteiger charge is 2.09. The van der Waals surface area contributed by atoms with Crippen LogP contribution < -0.4 is 11.3 Å². The van der Waals surface area contributed by atoms with Gasteiger partial charge in [0.05, 0.1) is 5.56 Å². The van der Waals surface area contributed by atoms with Crippen LogP contribution in [0.3, 0.4) is 0 Å². The van der Waals surface area contributed by atoms with Gasteiger partial charge in [-0.3, -0.25) is 4.79 Å². The molecular formula is C13H11N3O2. The van der Waals surface area contributed by atoms with Crippen molar-refractivity contribution in [2.75, 3.05) is 5.73 Å². The number of nitrogens with one attached hydrogen (secondary N) is 1. The molecule has 0 aliphatic rings. The van der Waals surface area contributed by atoms with Crippen LogP contribution in [0.15, 0.2) is 39.6 Å². The Morgan fingerprint density at radius 1 is 1.28 bits per heavy atom. The molecular weight excluding hydrogens is 230 g/mol. The third-order valence-corrected chi connectivity index (χ3v) is 2.77. The molecule has 0 fully saturated rings. The molecule has 0 bridgehead atoms. The van der Waals surface area contributed by atoms with Gasteiger partial charge in [0, 0.05) is 22.7 Å². The zero-order chi connectivity index (χ0) is 12.7. The van der Waals surface area contributed by atoms with E-state index in [0.717, 1.165) is 10.9 Å². The van der Waals surface area contributed by atoms with Gasteiger partial charge in [-0.05, 0) is 31.2 Å². The maximum atomic E-state index is 12.0. The predicted octanol–water partition coefficient (Wildman–Crippen LogP) is 2.07. The standard InChI is InChI=1S/C13H11N3O2/c1-7-4-12(16-18-7)10-6-8-5-9(14)2-3-11(8)15-13(10)17/h2-6H,14H2,1H3,(H,15,17). The number of benzene rings is 1. The fraction of sp³-hybridized carbons (Fsp3) is 0.0769. The zero-order valence-electron chi connectivity index (χ0n) is 9.73. The summed E-state index contributed by atoms with van der Waals surface area (Å²) in [6.45, 7) is 1.78. The summed E-state index contributed by atoms with van der Waals surface area (Å²) in [6, 6.07) is 8.83. The molecule has 0 aliphatic carbocycles. The lowest BCUT2D eigenvalue weighted by Gasteiger charge is -2.01. The first-order valence-electron chi connectivity index (χ1n) is 5.50. The van der Waals surface area contributed by atoms with Gasteiger partial charge in [0.25, 0.3) is 5.56 Å². The van der Waals surface area contributed by atoms with Gasteiger partial charge in [-0.1, -0.05) is 5.16 Å². The molecule has 18 heavy (non-hydrogen) atoms. The minimum atomic E-state index is -0.194. The van der Waals surface area contributed by atoms with Crippen molar-refractivity contribution in [3.63, 3.8) is 0 Å². The van der Waals surface area contributed by atoms with E-state index >= 15 is 0 Å². The Labute approximate surface area is 102 Å². The van der Waals surface area contributed by atoms with E-state index in [1.807, 2.05) is 6.07 Å². The number of nitrogens with zero attached hydrogens (tertiary/aromatic N) is 1. The van der Waals surface area contributed by atoms with Gasteiger partial charge in [0.15, 0.2) is 0 Å². The Bertz CT molecular complexity index is 786. The molecule has 2 aromatic heterocycles. The molecule has 0 radical (unpaired) electrons. The van der Waals surface area contributed by atoms with Crippen molar-refractivity contribution in [1.82, 2.24) is 10.1 Å². The number of anilines is 1. The van der Waals surface area contributed by atoms with E-state index in [1.54, 1.807) is 31.2 Å². The smallest absolute Gasteiger partial charge is 0.258 e. The van der Waals surface area contributed by atoms with Crippen LogP contribution in [0.4, 0.5) is 5.69 Å². The minimum absolute atomic E-state index is 0.194. The summed E-state index contributed by atoms with van der Waals surface area (Å²) in [7, 11) is 0. The van der Waals surface area contributed by atoms with Crippen molar-refractivity contribution in [1.29, 1.82) is 0 Å². The normalized spacial score (nSPS) is 10.9. The lowest BCUT2D eigenvalue weighted by molar-refractivity contribution is 0.399. The van der Waals surface area contributed by atoms with E-state index in [0.29, 0.717) is 22.7 Å². The Hall–Kier alpha value is -2.56. The molecule has 5 heteroatoms. The van der Waals surface area contributed by atoms with Crippen molar-refractivity contribution >= 4 is 16.6 Å². The molecule has 3 N–H and O–H groups in total. The van der Waals surface area contributed by atoms with Crippen molar-refractivity contribution in [2.24, 2.45) is 0 Å². The van der Waals surface area contributed by atoms with Gasteiger partial charge in [-0.15, -0.1) is 0 Å². The molecule has 0 saturated heterocycles. The van der Waals surface area contributed by atoms with Crippen molar-refractivity contribution in [2.45, 2.75) is 6.92 Å². The van der Waals surface area contributed by atoms with E-state index in [-0.39, 0.29) is 5.56 Å². The summed E-state index contributed by atoms with van der Waals surface area (Å²) >= 11 is 0. The lowest BCUT2D eigenvalue weighted by Crippen LogP contribution is -2.08. The third-order valence-electron chi connectivity index (χ3n) is 2.77. The van der Waals surface area contributed by atoms with Crippen molar-refractivity contribution < 1.29 is 4.52 Å². The second kappa shape index (κ2) is 3.73. The van der Waals surface area contributed by atoms with E-state index in [9.17, 15) is 4.79 Å². The molecule has 0 amide bonds. The van der Waals surface area contributed by atoms with Crippen LogP contribution in [0.1, 0.15) is 5.76 Å². The predicted molar refractivity (Wildman–Crippen MR) is 69.2 cm³/mol. The fourth-order valence-corrected chi connectivity index (χ4v) is 1.91. The first kappa shape index (κ1) is 10.6. The van der Waals surface area contributed by atoms with Gasteiger partial charge >= 0.3 is 0 Å². The van der Waals surface area contributed by atoms with Crippen LogP contribution >= 0.6 is 0 Å². The number of hydrogen-bond donors (Lipinski definition) is 2. The summed E-state index contributed by atoms with van der Waals surface area (Å²) < 4.78 is 4.98. The molecule has 0 atom stereocenters. The molecule has 0 spiro atoms. The molecule has 0 unspecified atom stereocenters. The summed E-state index contributed by atoms with van der Waals surface area (Å²) in [5.41, 5.74) is 7.94. The van der Waals surface area contributed by atoms with Gasteiger partial charge < -0.3 is 15.2 Å². The largest absolute Gasteiger partial charge is 0.399 e. The second-order valence-electron chi connectivity index (χ2n) is 4.18. The Morgan fingerprint density at radius 2 is 2.11 bits per heavy atom. The van der Waals surface area contributed by atoms with Crippen molar-refractivity contribution in [3.05, 3.63) is 46.4 Å². The Morgan fingerprint density at radius 3 is 2.83 bits per heavy atom. The number of pyridine rings is 1. The topological polar surface area (TPSA) is 84.9 Å². The molecule has 3 rings (SSSR count). The highest BCUT2D eigenvalue weighted by Crippen LogP contribution is 2.20. The van der Waals surface area contributed by atoms with Crippen LogP contribution in [0.5, 0.6) is 0 Å². The quantitative estimate of drug-likeness (QED) is 0.639. The molecule has 1 aromatic carbocycles. The molecule has 0 aliphatic heterocycles. The highest BCUT2D eigenvalue weighted by atomic mass is 16.5. The Kier molecular flexibility index (Phi) is 2.19. The van der Waals surface area contributed by atoms with E-state index in [4.69, 9.17) is 10.3 Å². The SMILES string of the molecule is Cc1cc(-c2cc3cc(N)ccc3[nH]c2=O)no1. The van der Waals surface area contributed by atoms with Crippen LogP contribution in [0, 0.1) is 6.92 Å². The van der Waals surface area contributed by atoms with Gasteiger partial charge in [-0.2, -0.15) is 0 Å². The summed E-state index contributed by atoms with van der Waals surface area (Å²) in [5, 5.41) is 4.72. The summed E-state index contributed by atoms with van der Waals surface area (Å²) in [6.07, 6.45) is 0. The van der Waals surface area contributed by atoms with Crippen molar-refractivity contribution in [3.8, 4) is 11.3 Å². The maximum Gasteiger partial charge on any atom is 0.258 e. The monoisotopic (exact) mass is 241 g/mol. The van der Waals surface area contributed by atoms with Crippen LogP contribution in [0.25, 0.3) is 22.2 Å². The lowest BCUT2D eigenvalue weighted by atomic mass is 10.1. The van der Waals surface area contributed by atoms with Gasteiger partial charge in [-0.25, -0.2) is 0 Å². The number of aromatic amines is 1. The number of H-pyrrole nitrogens is 1. The highest BCUT2D eigenvalue weighted by molar-refractivity contribution is 5.85. The number of aromatic nitrogens is 2. The van der Waals surface area contributed by atoms with E-state index in [1.165, 1.54) is 0 Å². The minimum Gasteiger partial charge on any atom is -0.399 e. The number of rotatable bonds is 1. The first-order chi connectivity index (χ1) is 8.63. The average molecular weight is 241 g/mol. The summed E-state index contributed by atoms with van der Waals surface area (Å²) in [5.74, 6) is 0.664. The molecule has 0 saturated carbocycles. The van der Waals surface area contributed by atoms with E-state index < -0.39 is 0 Å². The zero-order valence-corrected chi connectivity index (χ0v) is 9.73. The van der Waals surface area contributed by atoms with Crippen LogP contribution in [-0.4, -0.2) is 10.1 Å². The summed E-state index contributed by atoms with van der Waals surface area (Å²) in [4.78, 5) is 14.8. The number of nitrogens with two attached hydrogens (primary N) is 1. The molecule has 3 aromatic rings. The number of aryl methyl sites for hydroxylation is 1.